The molecule has 5 nitrogen and oxygen atoms in total. The van der Waals surface area contributed by atoms with E-state index in [1.165, 1.54) is 24.8 Å². The van der Waals surface area contributed by atoms with E-state index >= 15 is 0 Å². The molecule has 0 saturated heterocycles. The molecule has 0 unspecified atom stereocenters. The Morgan fingerprint density at radius 1 is 1.14 bits per heavy atom. The van der Waals surface area contributed by atoms with E-state index in [1.807, 2.05) is 30.3 Å². The van der Waals surface area contributed by atoms with Crippen LogP contribution in [0.4, 0.5) is 18.9 Å². The Morgan fingerprint density at radius 2 is 1.83 bits per heavy atom. The van der Waals surface area contributed by atoms with Crippen LogP contribution in [-0.4, -0.2) is 22.4 Å². The number of nitrogens with one attached hydrogen (secondary N) is 1. The van der Waals surface area contributed by atoms with Crippen molar-refractivity contribution in [3.8, 4) is 0 Å². The summed E-state index contributed by atoms with van der Waals surface area (Å²) in [4.78, 5) is 24.8. The molecule has 0 saturated carbocycles. The minimum absolute atomic E-state index is 0.0593. The van der Waals surface area contributed by atoms with Gasteiger partial charge in [0.05, 0.1) is 5.56 Å². The van der Waals surface area contributed by atoms with Crippen molar-refractivity contribution in [3.63, 3.8) is 0 Å². The quantitative estimate of drug-likeness (QED) is 0.473. The van der Waals surface area contributed by atoms with Gasteiger partial charge in [0.2, 0.25) is 0 Å². The van der Waals surface area contributed by atoms with Gasteiger partial charge in [0.1, 0.15) is 11.2 Å². The molecule has 152 valence electrons. The van der Waals surface area contributed by atoms with Gasteiger partial charge < -0.3 is 14.8 Å². The van der Waals surface area contributed by atoms with Gasteiger partial charge in [-0.05, 0) is 31.2 Å². The lowest BCUT2D eigenvalue weighted by molar-refractivity contribution is -0.136. The van der Waals surface area contributed by atoms with Crippen molar-refractivity contribution in [2.45, 2.75) is 23.6 Å². The lowest BCUT2D eigenvalue weighted by Gasteiger charge is -2.22. The average molecular weight is 423 g/mol. The van der Waals surface area contributed by atoms with Crippen LogP contribution >= 0.6 is 11.8 Å². The van der Waals surface area contributed by atoms with Crippen molar-refractivity contribution in [2.75, 3.05) is 11.1 Å². The van der Waals surface area contributed by atoms with Gasteiger partial charge in [-0.1, -0.05) is 18.2 Å². The summed E-state index contributed by atoms with van der Waals surface area (Å²) in [6.07, 6.45) is -4.72. The highest BCUT2D eigenvalue weighted by molar-refractivity contribution is 7.99. The van der Waals surface area contributed by atoms with Gasteiger partial charge in [0, 0.05) is 33.9 Å². The number of amides is 1. The Morgan fingerprint density at radius 3 is 2.48 bits per heavy atom. The number of carbonyl (C=O) groups is 1. The summed E-state index contributed by atoms with van der Waals surface area (Å²) in [5.41, 5.74) is -4.24. The van der Waals surface area contributed by atoms with Gasteiger partial charge in [0.15, 0.2) is 0 Å². The normalized spacial score (nSPS) is 13.8. The Hall–Kier alpha value is -2.78. The van der Waals surface area contributed by atoms with Gasteiger partial charge in [0.25, 0.3) is 5.91 Å². The van der Waals surface area contributed by atoms with Crippen LogP contribution in [0.1, 0.15) is 12.5 Å². The number of alkyl halides is 3. The number of carbonyl (C=O) groups excluding carboxylic acids is 1. The molecule has 2 aromatic carbocycles. The highest BCUT2D eigenvalue weighted by atomic mass is 32.2. The van der Waals surface area contributed by atoms with Crippen molar-refractivity contribution in [3.05, 3.63) is 70.6 Å². The first-order valence-corrected chi connectivity index (χ1v) is 9.42. The third-order valence-electron chi connectivity index (χ3n) is 4.06. The number of fused-ring (bicyclic) bond motifs is 1. The van der Waals surface area contributed by atoms with Crippen LogP contribution in [0.5, 0.6) is 0 Å². The Balaban J connectivity index is 1.80. The van der Waals surface area contributed by atoms with E-state index in [4.69, 9.17) is 4.42 Å². The molecule has 1 heterocycles. The van der Waals surface area contributed by atoms with Crippen molar-refractivity contribution in [2.24, 2.45) is 0 Å². The van der Waals surface area contributed by atoms with Crippen LogP contribution in [0.3, 0.4) is 0 Å². The second kappa shape index (κ2) is 7.92. The van der Waals surface area contributed by atoms with E-state index in [1.54, 1.807) is 0 Å². The number of aliphatic hydroxyl groups is 1. The SMILES string of the molecule is C[C@](O)(CSc1ccccc1)C(=O)Nc1ccc2c(C(F)(F)F)cc(=O)oc2c1. The first-order valence-electron chi connectivity index (χ1n) is 8.43. The van der Waals surface area contributed by atoms with E-state index in [-0.39, 0.29) is 22.4 Å². The number of halogens is 3. The Bertz CT molecular complexity index is 1090. The maximum atomic E-state index is 13.1. The van der Waals surface area contributed by atoms with Crippen molar-refractivity contribution >= 4 is 34.3 Å². The topological polar surface area (TPSA) is 79.5 Å². The first kappa shape index (κ1) is 20.9. The van der Waals surface area contributed by atoms with Gasteiger partial charge in [-0.3, -0.25) is 4.79 Å². The molecule has 0 aliphatic rings. The molecule has 0 aliphatic carbocycles. The minimum atomic E-state index is -4.72. The van der Waals surface area contributed by atoms with Crippen LogP contribution in [0.15, 0.2) is 68.7 Å². The maximum absolute atomic E-state index is 13.1. The van der Waals surface area contributed by atoms with Crippen LogP contribution < -0.4 is 10.9 Å². The summed E-state index contributed by atoms with van der Waals surface area (Å²) >= 11 is 1.28. The number of thioether (sulfide) groups is 1. The van der Waals surface area contributed by atoms with E-state index < -0.39 is 28.9 Å². The van der Waals surface area contributed by atoms with E-state index in [9.17, 15) is 27.9 Å². The largest absolute Gasteiger partial charge is 0.423 e. The Labute approximate surface area is 167 Å². The molecule has 2 N–H and O–H groups in total. The molecule has 0 fully saturated rings. The van der Waals surface area contributed by atoms with Gasteiger partial charge >= 0.3 is 11.8 Å². The fourth-order valence-electron chi connectivity index (χ4n) is 2.55. The van der Waals surface area contributed by atoms with E-state index in [0.717, 1.165) is 17.0 Å². The number of hydrogen-bond donors (Lipinski definition) is 2. The predicted octanol–water partition coefficient (Wildman–Crippen LogP) is 4.29. The zero-order chi connectivity index (χ0) is 21.2. The molecule has 1 aromatic heterocycles. The molecule has 1 amide bonds. The minimum Gasteiger partial charge on any atom is -0.423 e. The number of benzene rings is 2. The van der Waals surface area contributed by atoms with Gasteiger partial charge in [-0.25, -0.2) is 4.79 Å². The number of rotatable bonds is 5. The molecule has 1 atom stereocenters. The molecule has 29 heavy (non-hydrogen) atoms. The smallest absolute Gasteiger partial charge is 0.417 e. The molecule has 9 heteroatoms. The van der Waals surface area contributed by atoms with Gasteiger partial charge in [-0.15, -0.1) is 11.8 Å². The monoisotopic (exact) mass is 423 g/mol. The lowest BCUT2D eigenvalue weighted by Crippen LogP contribution is -2.42. The highest BCUT2D eigenvalue weighted by Gasteiger charge is 2.34. The van der Waals surface area contributed by atoms with Crippen molar-refractivity contribution in [1.29, 1.82) is 0 Å². The first-order chi connectivity index (χ1) is 13.6. The summed E-state index contributed by atoms with van der Waals surface area (Å²) in [6.45, 7) is 1.33. The molecule has 0 aliphatic heterocycles. The van der Waals surface area contributed by atoms with Gasteiger partial charge in [-0.2, -0.15) is 13.2 Å². The molecule has 3 rings (SSSR count). The lowest BCUT2D eigenvalue weighted by atomic mass is 10.1. The maximum Gasteiger partial charge on any atom is 0.417 e. The molecule has 0 radical (unpaired) electrons. The van der Waals surface area contributed by atoms with Crippen LogP contribution in [0, 0.1) is 0 Å². The van der Waals surface area contributed by atoms with Crippen LogP contribution in [0.25, 0.3) is 11.0 Å². The van der Waals surface area contributed by atoms with Crippen molar-refractivity contribution in [1.82, 2.24) is 0 Å². The molecule has 0 bridgehead atoms. The second-order valence-electron chi connectivity index (χ2n) is 6.52. The number of hydrogen-bond acceptors (Lipinski definition) is 5. The summed E-state index contributed by atoms with van der Waals surface area (Å²) in [5.74, 6) is -0.682. The summed E-state index contributed by atoms with van der Waals surface area (Å²) in [5, 5.41) is 12.6. The third-order valence-corrected chi connectivity index (χ3v) is 5.37. The molecular formula is C20H16F3NO4S. The third kappa shape index (κ3) is 4.99. The standard InChI is InChI=1S/C20H16F3NO4S/c1-19(27,11-29-13-5-3-2-4-6-13)18(26)24-12-7-8-14-15(20(21,22)23)10-17(25)28-16(14)9-12/h2-10,27H,11H2,1H3,(H,24,26)/t19-/m0/s1. The summed E-state index contributed by atoms with van der Waals surface area (Å²) in [7, 11) is 0. The molecule has 0 spiro atoms. The predicted molar refractivity (Wildman–Crippen MR) is 104 cm³/mol. The highest BCUT2D eigenvalue weighted by Crippen LogP contribution is 2.34. The fraction of sp³-hybridized carbons (Fsp3) is 0.200. The summed E-state index contributed by atoms with van der Waals surface area (Å²) in [6, 6.07) is 13.0. The number of anilines is 1. The van der Waals surface area contributed by atoms with Crippen LogP contribution in [-0.2, 0) is 11.0 Å². The average Bonchev–Trinajstić information content (AvgIpc) is 2.65. The van der Waals surface area contributed by atoms with Crippen molar-refractivity contribution < 1.29 is 27.5 Å². The second-order valence-corrected chi connectivity index (χ2v) is 7.57. The van der Waals surface area contributed by atoms with E-state index in [2.05, 4.69) is 5.32 Å². The van der Waals surface area contributed by atoms with Crippen LogP contribution in [0.2, 0.25) is 0 Å². The zero-order valence-corrected chi connectivity index (χ0v) is 15.9. The van der Waals surface area contributed by atoms with E-state index in [0.29, 0.717) is 6.07 Å². The fourth-order valence-corrected chi connectivity index (χ4v) is 3.48. The summed E-state index contributed by atoms with van der Waals surface area (Å²) < 4.78 is 44.1. The Kier molecular flexibility index (Phi) is 5.72. The molecular weight excluding hydrogens is 407 g/mol. The zero-order valence-electron chi connectivity index (χ0n) is 15.1. The molecule has 3 aromatic rings.